The molecule has 1 unspecified atom stereocenters. The van der Waals surface area contributed by atoms with E-state index >= 15 is 0 Å². The predicted octanol–water partition coefficient (Wildman–Crippen LogP) is 2.94. The summed E-state index contributed by atoms with van der Waals surface area (Å²) in [7, 11) is 0. The van der Waals surface area contributed by atoms with E-state index < -0.39 is 11.1 Å². The van der Waals surface area contributed by atoms with Gasteiger partial charge in [-0.15, -0.1) is 0 Å². The maximum Gasteiger partial charge on any atom is 0.269 e. The Morgan fingerprint density at radius 3 is 2.56 bits per heavy atom. The maximum absolute atomic E-state index is 13.1. The third kappa shape index (κ3) is 4.89. The minimum absolute atomic E-state index is 0.305. The van der Waals surface area contributed by atoms with Crippen LogP contribution in [0.1, 0.15) is 33.2 Å². The monoisotopic (exact) mass is 426 g/mol. The molecule has 2 N–H and O–H groups in total. The molecule has 4 rings (SSSR count). The number of amides is 1. The van der Waals surface area contributed by atoms with Crippen LogP contribution >= 0.6 is 0 Å². The summed E-state index contributed by atoms with van der Waals surface area (Å²) < 4.78 is 1.11. The van der Waals surface area contributed by atoms with Crippen LogP contribution in [-0.4, -0.2) is 20.7 Å². The van der Waals surface area contributed by atoms with Crippen molar-refractivity contribution in [3.8, 4) is 5.69 Å². The first-order valence-corrected chi connectivity index (χ1v) is 10.2. The normalized spacial score (nSPS) is 11.7. The van der Waals surface area contributed by atoms with Crippen molar-refractivity contribution >= 4 is 5.91 Å². The standard InChI is InChI=1S/C25H22N4O3/c1-17-8-10-18(11-9-17)15-22(21-7-2-3-14-26-21)27-25(32)19-5-4-6-20(16-19)29-24(31)13-12-23(30)28-29/h2-14,16,22H,15H2,1H3,(H,27,32)(H,28,30). The zero-order valence-corrected chi connectivity index (χ0v) is 17.5. The minimum atomic E-state index is -0.409. The summed E-state index contributed by atoms with van der Waals surface area (Å²) in [5, 5.41) is 5.53. The Balaban J connectivity index is 1.62. The second-order valence-corrected chi connectivity index (χ2v) is 7.50. The van der Waals surface area contributed by atoms with E-state index in [-0.39, 0.29) is 11.9 Å². The fraction of sp³-hybridized carbons (Fsp3) is 0.120. The van der Waals surface area contributed by atoms with Crippen LogP contribution in [0.2, 0.25) is 0 Å². The number of nitrogens with one attached hydrogen (secondary N) is 2. The molecule has 0 aliphatic rings. The largest absolute Gasteiger partial charge is 0.343 e. The van der Waals surface area contributed by atoms with E-state index in [1.807, 2.05) is 49.4 Å². The number of benzene rings is 2. The third-order valence-electron chi connectivity index (χ3n) is 5.10. The van der Waals surface area contributed by atoms with E-state index in [9.17, 15) is 14.4 Å². The first-order chi connectivity index (χ1) is 15.5. The Hall–Kier alpha value is -4.26. The highest BCUT2D eigenvalue weighted by molar-refractivity contribution is 5.95. The Kier molecular flexibility index (Phi) is 6.07. The molecule has 0 saturated carbocycles. The molecular weight excluding hydrogens is 404 g/mol. The van der Waals surface area contributed by atoms with Gasteiger partial charge in [-0.1, -0.05) is 42.0 Å². The summed E-state index contributed by atoms with van der Waals surface area (Å²) in [5.41, 5.74) is 2.95. The molecule has 7 heteroatoms. The van der Waals surface area contributed by atoms with Crippen LogP contribution in [0.4, 0.5) is 0 Å². The molecule has 0 saturated heterocycles. The number of hydrogen-bond donors (Lipinski definition) is 2. The number of aromatic amines is 1. The quantitative estimate of drug-likeness (QED) is 0.495. The highest BCUT2D eigenvalue weighted by Gasteiger charge is 2.18. The topological polar surface area (TPSA) is 96.9 Å². The van der Waals surface area contributed by atoms with E-state index in [4.69, 9.17) is 0 Å². The molecule has 0 bridgehead atoms. The number of hydrogen-bond acceptors (Lipinski definition) is 4. The molecule has 2 heterocycles. The molecular formula is C25H22N4O3. The van der Waals surface area contributed by atoms with Crippen LogP contribution in [-0.2, 0) is 6.42 Å². The molecule has 1 amide bonds. The average Bonchev–Trinajstić information content (AvgIpc) is 2.82. The van der Waals surface area contributed by atoms with Gasteiger partial charge in [0.1, 0.15) is 0 Å². The SMILES string of the molecule is Cc1ccc(CC(NC(=O)c2cccc(-n3[nH]c(=O)ccc3=O)c2)c2ccccn2)cc1. The highest BCUT2D eigenvalue weighted by Crippen LogP contribution is 2.18. The van der Waals surface area contributed by atoms with Gasteiger partial charge in [0.25, 0.3) is 17.0 Å². The molecule has 0 spiro atoms. The number of aromatic nitrogens is 3. The lowest BCUT2D eigenvalue weighted by Gasteiger charge is -2.19. The van der Waals surface area contributed by atoms with Gasteiger partial charge in [-0.25, -0.2) is 4.68 Å². The van der Waals surface area contributed by atoms with Crippen LogP contribution in [0, 0.1) is 6.92 Å². The lowest BCUT2D eigenvalue weighted by atomic mass is 10.0. The predicted molar refractivity (Wildman–Crippen MR) is 122 cm³/mol. The zero-order valence-electron chi connectivity index (χ0n) is 17.5. The molecule has 2 aromatic carbocycles. The second kappa shape index (κ2) is 9.26. The van der Waals surface area contributed by atoms with Crippen molar-refractivity contribution in [2.75, 3.05) is 0 Å². The lowest BCUT2D eigenvalue weighted by molar-refractivity contribution is 0.0935. The average molecular weight is 426 g/mol. The van der Waals surface area contributed by atoms with Crippen LogP contribution in [0.5, 0.6) is 0 Å². The van der Waals surface area contributed by atoms with Crippen molar-refractivity contribution in [1.82, 2.24) is 20.1 Å². The zero-order chi connectivity index (χ0) is 22.5. The number of carbonyl (C=O) groups is 1. The molecule has 0 aliphatic heterocycles. The van der Waals surface area contributed by atoms with Crippen LogP contribution in [0.15, 0.2) is 94.6 Å². The number of carbonyl (C=O) groups excluding carboxylic acids is 1. The van der Waals surface area contributed by atoms with Gasteiger partial charge in [0, 0.05) is 23.9 Å². The Labute approximate surface area is 184 Å². The van der Waals surface area contributed by atoms with Gasteiger partial charge in [-0.05, 0) is 49.2 Å². The first kappa shape index (κ1) is 21.0. The minimum Gasteiger partial charge on any atom is -0.343 e. The fourth-order valence-electron chi connectivity index (χ4n) is 3.42. The van der Waals surface area contributed by atoms with Crippen molar-refractivity contribution in [3.05, 3.63) is 128 Å². The van der Waals surface area contributed by atoms with Gasteiger partial charge in [0.15, 0.2) is 0 Å². The van der Waals surface area contributed by atoms with Crippen molar-refractivity contribution in [2.24, 2.45) is 0 Å². The van der Waals surface area contributed by atoms with Gasteiger partial charge in [-0.3, -0.25) is 24.5 Å². The maximum atomic E-state index is 13.1. The number of pyridine rings is 1. The molecule has 0 aliphatic carbocycles. The Morgan fingerprint density at radius 1 is 1.00 bits per heavy atom. The van der Waals surface area contributed by atoms with E-state index in [1.54, 1.807) is 30.5 Å². The van der Waals surface area contributed by atoms with Gasteiger partial charge in [-0.2, -0.15) is 0 Å². The molecule has 160 valence electrons. The highest BCUT2D eigenvalue weighted by atomic mass is 16.2. The number of aryl methyl sites for hydroxylation is 1. The van der Waals surface area contributed by atoms with Crippen molar-refractivity contribution < 1.29 is 4.79 Å². The van der Waals surface area contributed by atoms with E-state index in [0.29, 0.717) is 17.7 Å². The number of nitrogens with zero attached hydrogens (tertiary/aromatic N) is 2. The molecule has 7 nitrogen and oxygen atoms in total. The van der Waals surface area contributed by atoms with Gasteiger partial charge >= 0.3 is 0 Å². The molecule has 2 aromatic heterocycles. The summed E-state index contributed by atoms with van der Waals surface area (Å²) in [6.45, 7) is 2.03. The van der Waals surface area contributed by atoms with Crippen molar-refractivity contribution in [2.45, 2.75) is 19.4 Å². The number of rotatable bonds is 6. The smallest absolute Gasteiger partial charge is 0.269 e. The van der Waals surface area contributed by atoms with E-state index in [0.717, 1.165) is 27.6 Å². The first-order valence-electron chi connectivity index (χ1n) is 10.2. The Morgan fingerprint density at radius 2 is 1.81 bits per heavy atom. The van der Waals surface area contributed by atoms with Gasteiger partial charge in [0.05, 0.1) is 17.4 Å². The third-order valence-corrected chi connectivity index (χ3v) is 5.10. The second-order valence-electron chi connectivity index (χ2n) is 7.50. The molecule has 32 heavy (non-hydrogen) atoms. The van der Waals surface area contributed by atoms with E-state index in [2.05, 4.69) is 15.4 Å². The van der Waals surface area contributed by atoms with Gasteiger partial charge in [0.2, 0.25) is 0 Å². The summed E-state index contributed by atoms with van der Waals surface area (Å²) in [6, 6.07) is 22.3. The summed E-state index contributed by atoms with van der Waals surface area (Å²) >= 11 is 0. The van der Waals surface area contributed by atoms with Crippen LogP contribution < -0.4 is 16.4 Å². The van der Waals surface area contributed by atoms with Crippen LogP contribution in [0.3, 0.4) is 0 Å². The molecule has 0 fully saturated rings. The van der Waals surface area contributed by atoms with Crippen molar-refractivity contribution in [3.63, 3.8) is 0 Å². The fourth-order valence-corrected chi connectivity index (χ4v) is 3.42. The molecule has 4 aromatic rings. The summed E-state index contributed by atoms with van der Waals surface area (Å²) in [5.74, 6) is -0.305. The van der Waals surface area contributed by atoms with Gasteiger partial charge < -0.3 is 5.32 Å². The summed E-state index contributed by atoms with van der Waals surface area (Å²) in [6.07, 6.45) is 2.27. The van der Waals surface area contributed by atoms with E-state index in [1.165, 1.54) is 6.07 Å². The van der Waals surface area contributed by atoms with Crippen LogP contribution in [0.25, 0.3) is 5.69 Å². The molecule has 0 radical (unpaired) electrons. The molecule has 1 atom stereocenters. The Bertz CT molecular complexity index is 1340. The van der Waals surface area contributed by atoms with Crippen molar-refractivity contribution in [1.29, 1.82) is 0 Å². The number of H-pyrrole nitrogens is 1. The summed E-state index contributed by atoms with van der Waals surface area (Å²) in [4.78, 5) is 41.3. The lowest BCUT2D eigenvalue weighted by Crippen LogP contribution is -2.31.